The van der Waals surface area contributed by atoms with Gasteiger partial charge in [-0.1, -0.05) is 401 Å². The second-order valence-corrected chi connectivity index (χ2v) is 30.8. The number of hydrogen-bond acceptors (Lipinski definition) is 6. The zero-order valence-corrected chi connectivity index (χ0v) is 64.8. The van der Waals surface area contributed by atoms with E-state index in [1.54, 1.807) is 6.08 Å². The first-order valence-corrected chi connectivity index (χ1v) is 42.9. The summed E-state index contributed by atoms with van der Waals surface area (Å²) in [6.45, 7) is 4.56. The van der Waals surface area contributed by atoms with Gasteiger partial charge in [0.25, 0.3) is 7.82 Å². The first-order valence-electron chi connectivity index (χ1n) is 41.4. The van der Waals surface area contributed by atoms with Crippen molar-refractivity contribution < 1.29 is 32.9 Å². The first kappa shape index (κ1) is 92.7. The molecule has 0 fully saturated rings. The minimum atomic E-state index is -4.62. The Morgan fingerprint density at radius 2 is 0.653 bits per heavy atom. The van der Waals surface area contributed by atoms with Gasteiger partial charge in [0.1, 0.15) is 13.2 Å². The zero-order chi connectivity index (χ0) is 69.0. The highest BCUT2D eigenvalue weighted by Gasteiger charge is 2.23. The Morgan fingerprint density at radius 3 is 0.979 bits per heavy atom. The van der Waals surface area contributed by atoms with Crippen LogP contribution in [0.15, 0.2) is 85.1 Å². The number of phosphoric acid groups is 1. The van der Waals surface area contributed by atoms with Crippen molar-refractivity contribution in [2.45, 2.75) is 418 Å². The van der Waals surface area contributed by atoms with E-state index in [4.69, 9.17) is 9.05 Å². The summed E-state index contributed by atoms with van der Waals surface area (Å²) in [5, 5.41) is 14.0. The molecule has 0 radical (unpaired) electrons. The van der Waals surface area contributed by atoms with Crippen molar-refractivity contribution in [1.82, 2.24) is 5.32 Å². The number of quaternary nitrogens is 1. The van der Waals surface area contributed by atoms with Gasteiger partial charge in [0.2, 0.25) is 5.91 Å². The van der Waals surface area contributed by atoms with Gasteiger partial charge in [0, 0.05) is 6.42 Å². The maximum absolute atomic E-state index is 13.1. The number of aliphatic hydroxyl groups excluding tert-OH is 1. The molecule has 3 unspecified atom stereocenters. The maximum atomic E-state index is 13.1. The van der Waals surface area contributed by atoms with Crippen molar-refractivity contribution >= 4 is 13.7 Å². The molecule has 0 aromatic heterocycles. The molecule has 1 amide bonds. The second-order valence-electron chi connectivity index (χ2n) is 29.4. The van der Waals surface area contributed by atoms with Gasteiger partial charge in [-0.3, -0.25) is 9.36 Å². The number of allylic oxidation sites excluding steroid dienone is 13. The monoisotopic (exact) mass is 1350 g/mol. The number of nitrogens with zero attached hydrogens (tertiary/aromatic N) is 1. The number of unbranched alkanes of at least 4 members (excludes halogenated alkanes) is 52. The fourth-order valence-corrected chi connectivity index (χ4v) is 13.2. The number of carbonyl (C=O) groups is 1. The fourth-order valence-electron chi connectivity index (χ4n) is 12.5. The van der Waals surface area contributed by atoms with Crippen LogP contribution in [0.1, 0.15) is 406 Å². The number of nitrogens with one attached hydrogen (secondary N) is 1. The number of likely N-dealkylation sites (N-methyl/N-ethyl adjacent to an activating group) is 1. The zero-order valence-electron chi connectivity index (χ0n) is 63.9. The van der Waals surface area contributed by atoms with Gasteiger partial charge in [0.05, 0.1) is 39.9 Å². The summed E-state index contributed by atoms with van der Waals surface area (Å²) in [4.78, 5) is 25.7. The van der Waals surface area contributed by atoms with Gasteiger partial charge in [-0.05, 0) is 83.5 Å². The number of rotatable bonds is 77. The van der Waals surface area contributed by atoms with E-state index in [-0.39, 0.29) is 12.5 Å². The molecule has 0 bridgehead atoms. The summed E-state index contributed by atoms with van der Waals surface area (Å²) in [5.41, 5.74) is 0. The van der Waals surface area contributed by atoms with Gasteiger partial charge in [0.15, 0.2) is 0 Å². The first-order chi connectivity index (χ1) is 46.5. The lowest BCUT2D eigenvalue weighted by Gasteiger charge is -2.29. The molecule has 0 rings (SSSR count). The van der Waals surface area contributed by atoms with Gasteiger partial charge in [-0.2, -0.15) is 0 Å². The minimum absolute atomic E-state index is 0.00898. The maximum Gasteiger partial charge on any atom is 0.268 e. The number of aliphatic hydroxyl groups is 1. The third-order valence-electron chi connectivity index (χ3n) is 18.8. The second kappa shape index (κ2) is 75.9. The Morgan fingerprint density at radius 1 is 0.379 bits per heavy atom. The fraction of sp³-hybridized carbons (Fsp3) is 0.826. The Bertz CT molecular complexity index is 1830. The SMILES string of the molecule is CC/C=C\C/C=C\C/C=C\C/C=C\CCCCCCCCCCCCCCCCCCCCCCCCCCCCCCC(=O)NC(COP(=O)([O-])OCC[N+](C)(C)C)C(O)/C=C/CC/C=C/CC/C=C/CCCCCCCCCCCCCCCCCCCCCCCC. The average Bonchev–Trinajstić information content (AvgIpc) is 2.01. The molecule has 556 valence electrons. The molecule has 0 aromatic rings. The quantitative estimate of drug-likeness (QED) is 0.0272. The van der Waals surface area contributed by atoms with Crippen LogP contribution in [0.3, 0.4) is 0 Å². The highest BCUT2D eigenvalue weighted by molar-refractivity contribution is 7.45. The van der Waals surface area contributed by atoms with Crippen LogP contribution in [0.2, 0.25) is 0 Å². The summed E-state index contributed by atoms with van der Waals surface area (Å²) >= 11 is 0. The van der Waals surface area contributed by atoms with E-state index in [1.165, 1.54) is 315 Å². The molecule has 95 heavy (non-hydrogen) atoms. The minimum Gasteiger partial charge on any atom is -0.756 e. The van der Waals surface area contributed by atoms with Crippen molar-refractivity contribution in [2.75, 3.05) is 40.9 Å². The standard InChI is InChI=1S/C86H161N2O6P/c1-6-8-10-12-14-16-18-20-22-24-26-28-30-32-34-36-38-40-41-42-43-44-45-46-47-48-50-52-54-56-58-60-62-64-66-68-70-72-74-76-78-80-86(90)87-84(83-94-95(91,92)93-82-81-88(3,4)5)85(89)79-77-75-73-71-69-67-65-63-61-59-57-55-53-51-49-39-37-35-33-31-29-27-25-23-21-19-17-15-13-11-9-7-2/h8,10,14,16,20,22,26,28,61,63,69,71,77,79,84-85,89H,6-7,9,11-13,15,17-19,21,23-25,27,29-60,62,64-68,70,72-76,78,80-83H2,1-5H3,(H-,87,90,91,92)/b10-8-,16-14-,22-20-,28-26-,63-61+,71-69+,79-77+. The van der Waals surface area contributed by atoms with E-state index in [0.29, 0.717) is 17.4 Å². The number of carbonyl (C=O) groups excluding carboxylic acids is 1. The molecule has 2 N–H and O–H groups in total. The molecule has 3 atom stereocenters. The number of phosphoric ester groups is 1. The van der Waals surface area contributed by atoms with E-state index in [2.05, 4.69) is 92.1 Å². The van der Waals surface area contributed by atoms with Gasteiger partial charge in [-0.25, -0.2) is 0 Å². The van der Waals surface area contributed by atoms with E-state index in [9.17, 15) is 19.4 Å². The van der Waals surface area contributed by atoms with Crippen molar-refractivity contribution in [1.29, 1.82) is 0 Å². The molecule has 0 saturated heterocycles. The summed E-state index contributed by atoms with van der Waals surface area (Å²) in [7, 11) is 1.25. The van der Waals surface area contributed by atoms with E-state index < -0.39 is 26.6 Å². The molecule has 0 saturated carbocycles. The molecular formula is C86H161N2O6P. The van der Waals surface area contributed by atoms with Crippen LogP contribution in [-0.2, 0) is 18.4 Å². The van der Waals surface area contributed by atoms with Crippen molar-refractivity contribution in [3.05, 3.63) is 85.1 Å². The summed E-state index contributed by atoms with van der Waals surface area (Å²) in [6, 6.07) is -0.914. The Balaban J connectivity index is 3.96. The van der Waals surface area contributed by atoms with Crippen LogP contribution in [0, 0.1) is 0 Å². The predicted octanol–water partition coefficient (Wildman–Crippen LogP) is 26.8. The van der Waals surface area contributed by atoms with Gasteiger partial charge in [-0.15, -0.1) is 0 Å². The molecule has 8 nitrogen and oxygen atoms in total. The number of hydrogen-bond donors (Lipinski definition) is 2. The lowest BCUT2D eigenvalue weighted by molar-refractivity contribution is -0.870. The summed E-state index contributed by atoms with van der Waals surface area (Å²) in [5.74, 6) is -0.204. The topological polar surface area (TPSA) is 108 Å². The molecule has 0 aliphatic heterocycles. The summed E-state index contributed by atoms with van der Waals surface area (Å²) < 4.78 is 23.5. The highest BCUT2D eigenvalue weighted by Crippen LogP contribution is 2.38. The Kier molecular flexibility index (Phi) is 74.0. The lowest BCUT2D eigenvalue weighted by atomic mass is 10.0. The average molecular weight is 1350 g/mol. The molecule has 0 aromatic carbocycles. The van der Waals surface area contributed by atoms with Crippen molar-refractivity contribution in [3.8, 4) is 0 Å². The number of amides is 1. The molecular weight excluding hydrogens is 1190 g/mol. The van der Waals surface area contributed by atoms with Crippen LogP contribution >= 0.6 is 7.82 Å². The van der Waals surface area contributed by atoms with E-state index in [0.717, 1.165) is 70.6 Å². The van der Waals surface area contributed by atoms with Crippen LogP contribution in [0.25, 0.3) is 0 Å². The van der Waals surface area contributed by atoms with E-state index >= 15 is 0 Å². The van der Waals surface area contributed by atoms with Crippen LogP contribution in [-0.4, -0.2) is 68.5 Å². The lowest BCUT2D eigenvalue weighted by Crippen LogP contribution is -2.45. The Labute approximate surface area is 592 Å². The largest absolute Gasteiger partial charge is 0.756 e. The molecule has 0 aliphatic rings. The van der Waals surface area contributed by atoms with Gasteiger partial charge >= 0.3 is 0 Å². The van der Waals surface area contributed by atoms with Gasteiger partial charge < -0.3 is 28.8 Å². The van der Waals surface area contributed by atoms with Crippen molar-refractivity contribution in [2.24, 2.45) is 0 Å². The van der Waals surface area contributed by atoms with E-state index in [1.807, 2.05) is 27.2 Å². The third-order valence-corrected chi connectivity index (χ3v) is 19.8. The molecule has 9 heteroatoms. The predicted molar refractivity (Wildman–Crippen MR) is 417 cm³/mol. The molecule has 0 spiro atoms. The summed E-state index contributed by atoms with van der Waals surface area (Å²) in [6.07, 6.45) is 109. The molecule has 0 heterocycles. The van der Waals surface area contributed by atoms with Crippen LogP contribution in [0.4, 0.5) is 0 Å². The highest BCUT2D eigenvalue weighted by atomic mass is 31.2. The smallest absolute Gasteiger partial charge is 0.268 e. The van der Waals surface area contributed by atoms with Crippen molar-refractivity contribution in [3.63, 3.8) is 0 Å². The third kappa shape index (κ3) is 78.9. The normalized spacial score (nSPS) is 13.9. The van der Waals surface area contributed by atoms with Crippen LogP contribution < -0.4 is 10.2 Å². The van der Waals surface area contributed by atoms with Crippen LogP contribution in [0.5, 0.6) is 0 Å². The Hall–Kier alpha value is -2.32. The molecule has 0 aliphatic carbocycles.